The molecule has 2 N–H and O–H groups in total. The summed E-state index contributed by atoms with van der Waals surface area (Å²) in [6.45, 7) is 5.74. The smallest absolute Gasteiger partial charge is 0.251 e. The van der Waals surface area contributed by atoms with Gasteiger partial charge in [0.1, 0.15) is 0 Å². The Morgan fingerprint density at radius 1 is 1.07 bits per heavy atom. The van der Waals surface area contributed by atoms with Crippen molar-refractivity contribution < 1.29 is 14.4 Å². The van der Waals surface area contributed by atoms with Crippen LogP contribution in [0.4, 0.5) is 0 Å². The van der Waals surface area contributed by atoms with E-state index in [0.717, 1.165) is 31.4 Å². The molecule has 1 saturated heterocycles. The summed E-state index contributed by atoms with van der Waals surface area (Å²) < 4.78 is 0. The number of likely N-dealkylation sites (N-methyl/N-ethyl adjacent to an activating group) is 1. The number of carbonyl (C=O) groups is 3. The Labute approximate surface area is 172 Å². The predicted molar refractivity (Wildman–Crippen MR) is 112 cm³/mol. The lowest BCUT2D eigenvalue weighted by atomic mass is 10.1. The van der Waals surface area contributed by atoms with Crippen LogP contribution in [0.25, 0.3) is 6.08 Å². The molecule has 1 saturated carbocycles. The molecule has 0 bridgehead atoms. The lowest BCUT2D eigenvalue weighted by Crippen LogP contribution is -2.39. The van der Waals surface area contributed by atoms with Gasteiger partial charge in [-0.25, -0.2) is 0 Å². The van der Waals surface area contributed by atoms with Gasteiger partial charge in [-0.2, -0.15) is 0 Å². The van der Waals surface area contributed by atoms with E-state index >= 15 is 0 Å². The van der Waals surface area contributed by atoms with Crippen LogP contribution in [0.15, 0.2) is 30.3 Å². The summed E-state index contributed by atoms with van der Waals surface area (Å²) in [5, 5.41) is 5.78. The second-order valence-corrected chi connectivity index (χ2v) is 7.61. The predicted octanol–water partition coefficient (Wildman–Crippen LogP) is 1.26. The average Bonchev–Trinajstić information content (AvgIpc) is 3.54. The molecule has 7 nitrogen and oxygen atoms in total. The molecule has 1 aromatic carbocycles. The van der Waals surface area contributed by atoms with Crippen LogP contribution in [0.2, 0.25) is 0 Å². The van der Waals surface area contributed by atoms with Gasteiger partial charge in [0.2, 0.25) is 11.8 Å². The van der Waals surface area contributed by atoms with Crippen LogP contribution in [-0.4, -0.2) is 72.8 Å². The number of carbonyl (C=O) groups excluding carboxylic acids is 3. The van der Waals surface area contributed by atoms with Crippen molar-refractivity contribution in [2.45, 2.75) is 32.2 Å². The van der Waals surface area contributed by atoms with Crippen molar-refractivity contribution in [3.8, 4) is 0 Å². The molecule has 0 spiro atoms. The van der Waals surface area contributed by atoms with E-state index in [1.54, 1.807) is 24.3 Å². The summed E-state index contributed by atoms with van der Waals surface area (Å²) in [4.78, 5) is 40.2. The molecular formula is C22H30N4O3. The van der Waals surface area contributed by atoms with Crippen LogP contribution >= 0.6 is 0 Å². The molecule has 3 amide bonds. The second kappa shape index (κ2) is 10.2. The quantitative estimate of drug-likeness (QED) is 0.678. The molecule has 1 heterocycles. The van der Waals surface area contributed by atoms with E-state index in [-0.39, 0.29) is 17.7 Å². The minimum absolute atomic E-state index is 0.0274. The highest BCUT2D eigenvalue weighted by molar-refractivity contribution is 5.95. The standard InChI is InChI=1S/C22H30N4O3/c1-2-23-20(27)16-25-12-3-13-26(15-14-25)21(28)11-6-17-4-7-18(8-5-17)22(29)24-19-9-10-19/h4-8,11,19H,2-3,9-10,12-16H2,1H3,(H,23,27)(H,24,29)/b11-6+. The Kier molecular flexibility index (Phi) is 7.41. The van der Waals surface area contributed by atoms with Crippen LogP contribution in [0, 0.1) is 0 Å². The first-order valence-corrected chi connectivity index (χ1v) is 10.4. The summed E-state index contributed by atoms with van der Waals surface area (Å²) >= 11 is 0. The zero-order chi connectivity index (χ0) is 20.6. The summed E-state index contributed by atoms with van der Waals surface area (Å²) in [5.41, 5.74) is 1.52. The van der Waals surface area contributed by atoms with Crippen LogP contribution < -0.4 is 10.6 Å². The topological polar surface area (TPSA) is 81.8 Å². The monoisotopic (exact) mass is 398 g/mol. The van der Waals surface area contributed by atoms with E-state index in [1.807, 2.05) is 24.0 Å². The molecule has 1 aromatic rings. The number of amides is 3. The molecular weight excluding hydrogens is 368 g/mol. The molecule has 1 aliphatic carbocycles. The molecule has 3 rings (SSSR count). The third-order valence-electron chi connectivity index (χ3n) is 5.15. The summed E-state index contributed by atoms with van der Waals surface area (Å²) in [7, 11) is 0. The molecule has 1 aliphatic heterocycles. The summed E-state index contributed by atoms with van der Waals surface area (Å²) in [6.07, 6.45) is 6.34. The Morgan fingerprint density at radius 2 is 1.83 bits per heavy atom. The SMILES string of the molecule is CCNC(=O)CN1CCCN(C(=O)/C=C/c2ccc(C(=O)NC3CC3)cc2)CC1. The summed E-state index contributed by atoms with van der Waals surface area (Å²) in [5.74, 6) is -0.0392. The molecule has 29 heavy (non-hydrogen) atoms. The number of nitrogens with zero attached hydrogens (tertiary/aromatic N) is 2. The Hall–Kier alpha value is -2.67. The molecule has 0 radical (unpaired) electrons. The van der Waals surface area contributed by atoms with E-state index in [4.69, 9.17) is 0 Å². The highest BCUT2D eigenvalue weighted by atomic mass is 16.2. The molecule has 156 valence electrons. The average molecular weight is 399 g/mol. The second-order valence-electron chi connectivity index (χ2n) is 7.61. The third kappa shape index (κ3) is 6.71. The van der Waals surface area contributed by atoms with E-state index < -0.39 is 0 Å². The van der Waals surface area contributed by atoms with Gasteiger partial charge >= 0.3 is 0 Å². The number of benzene rings is 1. The number of hydrogen-bond donors (Lipinski definition) is 2. The molecule has 2 aliphatic rings. The van der Waals surface area contributed by atoms with E-state index in [1.165, 1.54) is 0 Å². The van der Waals surface area contributed by atoms with Crippen molar-refractivity contribution in [3.05, 3.63) is 41.5 Å². The molecule has 0 unspecified atom stereocenters. The zero-order valence-electron chi connectivity index (χ0n) is 17.0. The Morgan fingerprint density at radius 3 is 2.52 bits per heavy atom. The van der Waals surface area contributed by atoms with Gasteiger partial charge in [-0.1, -0.05) is 12.1 Å². The first-order chi connectivity index (χ1) is 14.0. The molecule has 2 fully saturated rings. The molecule has 0 aromatic heterocycles. The van der Waals surface area contributed by atoms with Crippen LogP contribution in [-0.2, 0) is 9.59 Å². The van der Waals surface area contributed by atoms with Crippen LogP contribution in [0.5, 0.6) is 0 Å². The largest absolute Gasteiger partial charge is 0.355 e. The number of rotatable bonds is 7. The summed E-state index contributed by atoms with van der Waals surface area (Å²) in [6, 6.07) is 7.61. The number of hydrogen-bond acceptors (Lipinski definition) is 4. The lowest BCUT2D eigenvalue weighted by Gasteiger charge is -2.20. The first-order valence-electron chi connectivity index (χ1n) is 10.4. The van der Waals surface area contributed by atoms with Gasteiger partial charge < -0.3 is 15.5 Å². The fraction of sp³-hybridized carbons (Fsp3) is 0.500. The van der Waals surface area contributed by atoms with Gasteiger partial charge in [-0.3, -0.25) is 19.3 Å². The van der Waals surface area contributed by atoms with Crippen molar-refractivity contribution in [1.82, 2.24) is 20.4 Å². The maximum Gasteiger partial charge on any atom is 0.251 e. The Balaban J connectivity index is 1.48. The number of nitrogens with one attached hydrogen (secondary N) is 2. The molecule has 7 heteroatoms. The third-order valence-corrected chi connectivity index (χ3v) is 5.15. The van der Waals surface area contributed by atoms with Gasteiger partial charge in [-0.05, 0) is 50.0 Å². The fourth-order valence-electron chi connectivity index (χ4n) is 3.32. The normalized spacial score (nSPS) is 17.8. The minimum Gasteiger partial charge on any atom is -0.355 e. The van der Waals surface area contributed by atoms with E-state index in [2.05, 4.69) is 15.5 Å². The molecule has 0 atom stereocenters. The Bertz CT molecular complexity index is 756. The van der Waals surface area contributed by atoms with Gasteiger partial charge in [0, 0.05) is 50.4 Å². The van der Waals surface area contributed by atoms with Gasteiger partial charge in [0.15, 0.2) is 0 Å². The van der Waals surface area contributed by atoms with Gasteiger partial charge in [0.25, 0.3) is 5.91 Å². The zero-order valence-corrected chi connectivity index (χ0v) is 17.0. The van der Waals surface area contributed by atoms with Crippen molar-refractivity contribution in [3.63, 3.8) is 0 Å². The van der Waals surface area contributed by atoms with Crippen molar-refractivity contribution in [2.24, 2.45) is 0 Å². The maximum absolute atomic E-state index is 12.5. The van der Waals surface area contributed by atoms with Crippen LogP contribution in [0.1, 0.15) is 42.1 Å². The lowest BCUT2D eigenvalue weighted by molar-refractivity contribution is -0.125. The highest BCUT2D eigenvalue weighted by Gasteiger charge is 2.23. The first kappa shape index (κ1) is 21.0. The van der Waals surface area contributed by atoms with E-state index in [0.29, 0.717) is 44.3 Å². The van der Waals surface area contributed by atoms with Crippen molar-refractivity contribution in [1.29, 1.82) is 0 Å². The minimum atomic E-state index is -0.0409. The van der Waals surface area contributed by atoms with Gasteiger partial charge in [-0.15, -0.1) is 0 Å². The maximum atomic E-state index is 12.5. The van der Waals surface area contributed by atoms with Crippen LogP contribution in [0.3, 0.4) is 0 Å². The highest BCUT2D eigenvalue weighted by Crippen LogP contribution is 2.19. The van der Waals surface area contributed by atoms with Crippen molar-refractivity contribution >= 4 is 23.8 Å². The van der Waals surface area contributed by atoms with E-state index in [9.17, 15) is 14.4 Å². The van der Waals surface area contributed by atoms with Gasteiger partial charge in [0.05, 0.1) is 6.54 Å². The van der Waals surface area contributed by atoms with Crippen molar-refractivity contribution in [2.75, 3.05) is 39.3 Å². The fourth-order valence-corrected chi connectivity index (χ4v) is 3.32.